The molecule has 1 amide bonds. The molecule has 214 valence electrons. The number of carbonyl (C=O) groups is 3. The van der Waals surface area contributed by atoms with Gasteiger partial charge in [-0.15, -0.1) is 11.3 Å². The second-order valence-electron chi connectivity index (χ2n) is 10.5. The van der Waals surface area contributed by atoms with Crippen molar-refractivity contribution in [3.8, 4) is 16.2 Å². The first-order valence-electron chi connectivity index (χ1n) is 13.3. The number of ether oxygens (including phenoxy) is 4. The fourth-order valence-corrected chi connectivity index (χ4v) is 6.40. The summed E-state index contributed by atoms with van der Waals surface area (Å²) >= 11 is 4.75. The van der Waals surface area contributed by atoms with Gasteiger partial charge in [0.25, 0.3) is 0 Å². The number of nitrogens with zero attached hydrogens (tertiary/aromatic N) is 1. The third-order valence-corrected chi connectivity index (χ3v) is 8.39. The maximum absolute atomic E-state index is 13.1. The number of benzene rings is 1. The van der Waals surface area contributed by atoms with Crippen LogP contribution in [-0.2, 0) is 19.0 Å². The van der Waals surface area contributed by atoms with Crippen LogP contribution < -0.4 is 9.64 Å². The lowest BCUT2D eigenvalue weighted by molar-refractivity contribution is -0.157. The average Bonchev–Trinajstić information content (AvgIpc) is 3.24. The van der Waals surface area contributed by atoms with Crippen LogP contribution in [-0.4, -0.2) is 50.5 Å². The van der Waals surface area contributed by atoms with E-state index in [1.54, 1.807) is 25.7 Å². The number of esters is 2. The summed E-state index contributed by atoms with van der Waals surface area (Å²) in [6.45, 7) is 7.86. The van der Waals surface area contributed by atoms with E-state index < -0.39 is 17.5 Å². The predicted octanol–water partition coefficient (Wildman–Crippen LogP) is 7.62. The zero-order valence-electron chi connectivity index (χ0n) is 23.3. The van der Waals surface area contributed by atoms with Crippen LogP contribution in [0.5, 0.6) is 5.75 Å². The Labute approximate surface area is 243 Å². The predicted molar refractivity (Wildman–Crippen MR) is 156 cm³/mol. The molecule has 39 heavy (non-hydrogen) atoms. The molecule has 0 N–H and O–H groups in total. The Morgan fingerprint density at radius 3 is 2.49 bits per heavy atom. The average molecular weight is 625 g/mol. The molecule has 0 radical (unpaired) electrons. The summed E-state index contributed by atoms with van der Waals surface area (Å²) < 4.78 is 22.1. The number of rotatable bonds is 10. The summed E-state index contributed by atoms with van der Waals surface area (Å²) in [7, 11) is 1.29. The third-order valence-electron chi connectivity index (χ3n) is 6.17. The highest BCUT2D eigenvalue weighted by atomic mass is 79.9. The molecule has 1 aromatic heterocycles. The summed E-state index contributed by atoms with van der Waals surface area (Å²) in [5.74, 6) is -0.503. The van der Waals surface area contributed by atoms with E-state index in [1.165, 1.54) is 37.7 Å². The maximum atomic E-state index is 13.1. The van der Waals surface area contributed by atoms with Gasteiger partial charge < -0.3 is 18.9 Å². The summed E-state index contributed by atoms with van der Waals surface area (Å²) in [5, 5.41) is 0. The fourth-order valence-electron chi connectivity index (χ4n) is 4.44. The largest absolute Gasteiger partial charge is 0.479 e. The van der Waals surface area contributed by atoms with Crippen LogP contribution in [0.3, 0.4) is 0 Å². The van der Waals surface area contributed by atoms with Crippen molar-refractivity contribution in [2.45, 2.75) is 71.8 Å². The Kier molecular flexibility index (Phi) is 11.2. The van der Waals surface area contributed by atoms with Crippen LogP contribution in [0.25, 0.3) is 10.4 Å². The Hall–Kier alpha value is -2.59. The molecule has 0 unspecified atom stereocenters. The molecule has 1 aromatic carbocycles. The topological polar surface area (TPSA) is 91.4 Å². The molecule has 0 spiro atoms. The second-order valence-corrected chi connectivity index (χ2v) is 12.4. The number of hydrogen-bond donors (Lipinski definition) is 0. The fraction of sp³-hybridized carbons (Fsp3) is 0.552. The van der Waals surface area contributed by atoms with Gasteiger partial charge in [-0.05, 0) is 79.6 Å². The van der Waals surface area contributed by atoms with E-state index in [0.717, 1.165) is 30.5 Å². The van der Waals surface area contributed by atoms with Crippen molar-refractivity contribution in [2.24, 2.45) is 5.92 Å². The minimum absolute atomic E-state index is 0.208. The first-order chi connectivity index (χ1) is 18.5. The van der Waals surface area contributed by atoms with Crippen molar-refractivity contribution in [2.75, 3.05) is 31.8 Å². The van der Waals surface area contributed by atoms with Gasteiger partial charge in [-0.2, -0.15) is 0 Å². The smallest absolute Gasteiger partial charge is 0.414 e. The van der Waals surface area contributed by atoms with Crippen LogP contribution in [0, 0.1) is 5.92 Å². The Morgan fingerprint density at radius 1 is 1.13 bits per heavy atom. The van der Waals surface area contributed by atoms with Gasteiger partial charge in [-0.3, -0.25) is 4.90 Å². The van der Waals surface area contributed by atoms with Crippen molar-refractivity contribution in [3.63, 3.8) is 0 Å². The van der Waals surface area contributed by atoms with Gasteiger partial charge in [0.15, 0.2) is 17.2 Å². The third kappa shape index (κ3) is 8.70. The molecular formula is C29H38BrNO7S. The number of methoxy groups -OCH3 is 1. The summed E-state index contributed by atoms with van der Waals surface area (Å²) in [6.07, 6.45) is 6.15. The minimum atomic E-state index is -0.662. The number of thiophene rings is 1. The number of anilines is 1. The number of halogens is 1. The first kappa shape index (κ1) is 30.9. The van der Waals surface area contributed by atoms with E-state index in [0.29, 0.717) is 28.4 Å². The molecule has 0 saturated heterocycles. The molecule has 10 heteroatoms. The molecule has 2 aromatic rings. The molecule has 1 fully saturated rings. The van der Waals surface area contributed by atoms with Crippen LogP contribution >= 0.6 is 27.3 Å². The van der Waals surface area contributed by atoms with E-state index in [1.807, 2.05) is 31.2 Å². The van der Waals surface area contributed by atoms with Crippen molar-refractivity contribution in [1.82, 2.24) is 0 Å². The summed E-state index contributed by atoms with van der Waals surface area (Å²) in [6, 6.07) is 7.57. The van der Waals surface area contributed by atoms with Crippen molar-refractivity contribution >= 4 is 51.0 Å². The lowest BCUT2D eigenvalue weighted by atomic mass is 9.89. The van der Waals surface area contributed by atoms with Crippen molar-refractivity contribution in [1.29, 1.82) is 0 Å². The number of hydrogen-bond acceptors (Lipinski definition) is 8. The first-order valence-corrected chi connectivity index (χ1v) is 14.9. The number of amides is 1. The quantitative estimate of drug-likeness (QED) is 0.198. The highest BCUT2D eigenvalue weighted by Gasteiger charge is 2.28. The molecule has 1 aliphatic carbocycles. The molecule has 0 atom stereocenters. The van der Waals surface area contributed by atoms with Crippen molar-refractivity contribution in [3.05, 3.63) is 33.6 Å². The summed E-state index contributed by atoms with van der Waals surface area (Å²) in [5.41, 5.74) is 0.833. The Morgan fingerprint density at radius 2 is 1.85 bits per heavy atom. The standard InChI is InChI=1S/C29H38BrNO7S/c1-6-15-36-28(34)31(17-19-11-8-7-9-12-19)21-14-10-13-20(16-21)25-23(30)24(26(39-25)27(33)35-5)37-18-22(32)38-29(2,3)4/h10,13-14,16,19H,6-9,11-12,15,17-18H2,1-5H3. The van der Waals surface area contributed by atoms with Crippen LogP contribution in [0.4, 0.5) is 10.5 Å². The van der Waals surface area contributed by atoms with Crippen LogP contribution in [0.15, 0.2) is 28.7 Å². The zero-order chi connectivity index (χ0) is 28.6. The lowest BCUT2D eigenvalue weighted by Crippen LogP contribution is -2.36. The molecule has 1 aliphatic rings. The van der Waals surface area contributed by atoms with E-state index in [-0.39, 0.29) is 23.3 Å². The monoisotopic (exact) mass is 623 g/mol. The van der Waals surface area contributed by atoms with Crippen molar-refractivity contribution < 1.29 is 33.3 Å². The lowest BCUT2D eigenvalue weighted by Gasteiger charge is -2.29. The van der Waals surface area contributed by atoms with E-state index >= 15 is 0 Å². The van der Waals surface area contributed by atoms with Gasteiger partial charge >= 0.3 is 18.0 Å². The van der Waals surface area contributed by atoms with E-state index in [2.05, 4.69) is 15.9 Å². The van der Waals surface area contributed by atoms with Gasteiger partial charge in [0, 0.05) is 12.2 Å². The highest BCUT2D eigenvalue weighted by Crippen LogP contribution is 2.46. The van der Waals surface area contributed by atoms with Gasteiger partial charge in [-0.25, -0.2) is 14.4 Å². The molecule has 0 aliphatic heterocycles. The minimum Gasteiger partial charge on any atom is -0.479 e. The normalized spacial score (nSPS) is 14.0. The number of carbonyl (C=O) groups excluding carboxylic acids is 3. The van der Waals surface area contributed by atoms with Gasteiger partial charge in [-0.1, -0.05) is 38.3 Å². The Balaban J connectivity index is 1.93. The molecule has 1 heterocycles. The molecule has 8 nitrogen and oxygen atoms in total. The van der Waals surface area contributed by atoms with Gasteiger partial charge in [0.1, 0.15) is 5.60 Å². The van der Waals surface area contributed by atoms with Gasteiger partial charge in [0.2, 0.25) is 0 Å². The molecule has 3 rings (SSSR count). The molecule has 1 saturated carbocycles. The summed E-state index contributed by atoms with van der Waals surface area (Å²) in [4.78, 5) is 40.6. The van der Waals surface area contributed by atoms with E-state index in [4.69, 9.17) is 18.9 Å². The van der Waals surface area contributed by atoms with E-state index in [9.17, 15) is 14.4 Å². The molecular weight excluding hydrogens is 586 g/mol. The van der Waals surface area contributed by atoms with Crippen LogP contribution in [0.2, 0.25) is 0 Å². The maximum Gasteiger partial charge on any atom is 0.414 e. The highest BCUT2D eigenvalue weighted by molar-refractivity contribution is 9.10. The molecule has 0 bridgehead atoms. The second kappa shape index (κ2) is 14.2. The Bertz CT molecular complexity index is 1150. The SMILES string of the molecule is CCCOC(=O)N(CC1CCCCC1)c1cccc(-c2sc(C(=O)OC)c(OCC(=O)OC(C)(C)C)c2Br)c1. The van der Waals surface area contributed by atoms with Gasteiger partial charge in [0.05, 0.1) is 23.1 Å². The van der Waals surface area contributed by atoms with Crippen LogP contribution in [0.1, 0.15) is 75.9 Å². The zero-order valence-corrected chi connectivity index (χ0v) is 25.7.